The summed E-state index contributed by atoms with van der Waals surface area (Å²) in [4.78, 5) is 34.2. The number of nitrogens with zero attached hydrogens (tertiary/aromatic N) is 2. The van der Waals surface area contributed by atoms with E-state index in [1.165, 1.54) is 18.2 Å². The van der Waals surface area contributed by atoms with E-state index in [0.717, 1.165) is 41.0 Å². The molecular formula is C17H9F3N4O5S3. The molecule has 2 N–H and O–H groups in total. The van der Waals surface area contributed by atoms with Gasteiger partial charge in [-0.25, -0.2) is 0 Å². The smallest absolute Gasteiger partial charge is 0.401 e. The van der Waals surface area contributed by atoms with Gasteiger partial charge in [0.2, 0.25) is 0 Å². The second-order valence-corrected chi connectivity index (χ2v) is 8.01. The zero-order valence-corrected chi connectivity index (χ0v) is 17.8. The van der Waals surface area contributed by atoms with Crippen LogP contribution in [0.4, 0.5) is 24.7 Å². The van der Waals surface area contributed by atoms with Crippen LogP contribution in [-0.4, -0.2) is 31.1 Å². The van der Waals surface area contributed by atoms with Crippen molar-refractivity contribution in [2.45, 2.75) is 6.18 Å². The molecule has 32 heavy (non-hydrogen) atoms. The number of anilines is 1. The summed E-state index contributed by atoms with van der Waals surface area (Å²) in [7, 11) is 0. The summed E-state index contributed by atoms with van der Waals surface area (Å²) < 4.78 is 43.3. The molecule has 15 heteroatoms. The largest absolute Gasteiger partial charge is 0.433 e. The molecule has 0 aliphatic carbocycles. The van der Waals surface area contributed by atoms with Gasteiger partial charge >= 0.3 is 12.1 Å². The molecule has 3 rings (SSSR count). The van der Waals surface area contributed by atoms with E-state index in [4.69, 9.17) is 28.9 Å². The first-order valence-corrected chi connectivity index (χ1v) is 9.90. The third-order valence-electron chi connectivity index (χ3n) is 3.73. The number of nitrogens with one attached hydrogen (secondary N) is 2. The van der Waals surface area contributed by atoms with E-state index in [9.17, 15) is 32.9 Å². The molecule has 1 aliphatic rings. The molecule has 2 amide bonds. The van der Waals surface area contributed by atoms with Crippen molar-refractivity contribution in [2.24, 2.45) is 0 Å². The Morgan fingerprint density at radius 1 is 1.28 bits per heavy atom. The Balaban J connectivity index is 1.67. The number of carbonyl (C=O) groups is 2. The first kappa shape index (κ1) is 23.4. The number of furan rings is 1. The molecule has 1 fully saturated rings. The molecule has 0 saturated carbocycles. The lowest BCUT2D eigenvalue weighted by molar-refractivity contribution is -0.402. The molecule has 0 unspecified atom stereocenters. The third kappa shape index (κ3) is 5.30. The highest BCUT2D eigenvalue weighted by atomic mass is 32.2. The topological polar surface area (TPSA) is 118 Å². The van der Waals surface area contributed by atoms with Gasteiger partial charge in [-0.1, -0.05) is 30.0 Å². The lowest BCUT2D eigenvalue weighted by Crippen LogP contribution is -2.48. The Bertz CT molecular complexity index is 1180. The van der Waals surface area contributed by atoms with Crippen molar-refractivity contribution in [3.05, 3.63) is 62.7 Å². The third-order valence-corrected chi connectivity index (χ3v) is 5.31. The number of hydrogen-bond donors (Lipinski definition) is 2. The summed E-state index contributed by atoms with van der Waals surface area (Å²) in [6, 6.07) is 6.31. The number of rotatable bonds is 4. The first-order chi connectivity index (χ1) is 15.0. The van der Waals surface area contributed by atoms with Crippen molar-refractivity contribution in [1.29, 1.82) is 0 Å². The number of alkyl halides is 3. The monoisotopic (exact) mass is 502 g/mol. The number of halogens is 3. The Hall–Kier alpha value is -3.30. The molecular weight excluding hydrogens is 493 g/mol. The lowest BCUT2D eigenvalue weighted by Gasteiger charge is -2.17. The number of thiocarbonyl (C=S) groups is 2. The van der Waals surface area contributed by atoms with E-state index < -0.39 is 39.4 Å². The van der Waals surface area contributed by atoms with E-state index in [0.29, 0.717) is 0 Å². The van der Waals surface area contributed by atoms with E-state index >= 15 is 0 Å². The second kappa shape index (κ2) is 9.05. The average Bonchev–Trinajstić information content (AvgIpc) is 3.28. The summed E-state index contributed by atoms with van der Waals surface area (Å²) in [5.41, 5.74) is 1.20. The highest BCUT2D eigenvalue weighted by molar-refractivity contribution is 8.26. The van der Waals surface area contributed by atoms with E-state index in [1.807, 2.05) is 0 Å². The van der Waals surface area contributed by atoms with Crippen molar-refractivity contribution in [3.63, 3.8) is 0 Å². The van der Waals surface area contributed by atoms with Gasteiger partial charge in [-0.15, -0.1) is 0 Å². The fourth-order valence-corrected chi connectivity index (χ4v) is 3.63. The lowest BCUT2D eigenvalue weighted by atomic mass is 10.2. The van der Waals surface area contributed by atoms with Gasteiger partial charge < -0.3 is 9.73 Å². The Kier molecular flexibility index (Phi) is 6.61. The first-order valence-electron chi connectivity index (χ1n) is 8.27. The van der Waals surface area contributed by atoms with E-state index in [-0.39, 0.29) is 20.7 Å². The summed E-state index contributed by atoms with van der Waals surface area (Å²) >= 11 is 10.8. The normalized spacial score (nSPS) is 15.2. The number of hydrazine groups is 1. The van der Waals surface area contributed by atoms with Gasteiger partial charge in [0.25, 0.3) is 11.8 Å². The minimum absolute atomic E-state index is 0.0297. The van der Waals surface area contributed by atoms with Gasteiger partial charge in [-0.2, -0.15) is 18.2 Å². The van der Waals surface area contributed by atoms with Crippen LogP contribution in [0.5, 0.6) is 0 Å². The number of hydrogen-bond acceptors (Lipinski definition) is 8. The van der Waals surface area contributed by atoms with Gasteiger partial charge in [0, 0.05) is 11.8 Å². The predicted octanol–water partition coefficient (Wildman–Crippen LogP) is 3.88. The van der Waals surface area contributed by atoms with E-state index in [1.54, 1.807) is 0 Å². The minimum Gasteiger partial charge on any atom is -0.401 e. The maximum Gasteiger partial charge on any atom is 0.433 e. The van der Waals surface area contributed by atoms with Gasteiger partial charge in [-0.05, 0) is 36.5 Å². The second-order valence-electron chi connectivity index (χ2n) is 5.92. The summed E-state index contributed by atoms with van der Waals surface area (Å²) in [5, 5.41) is 13.7. The standard InChI is InChI=1S/C17H9F3N4O5S3/c18-17(19,20)8-2-1-3-9(6-8)21-13(25)14(30)22-23-15(26)11(32-16(23)31)7-10-4-5-12(29-10)24(27)28/h1-7H,(H,21,25)(H,22,30)/b11-7+. The fourth-order valence-electron chi connectivity index (χ4n) is 2.32. The summed E-state index contributed by atoms with van der Waals surface area (Å²) in [6.45, 7) is 0. The molecule has 166 valence electrons. The molecule has 0 bridgehead atoms. The molecule has 0 spiro atoms. The molecule has 9 nitrogen and oxygen atoms in total. The van der Waals surface area contributed by atoms with E-state index in [2.05, 4.69) is 10.7 Å². The van der Waals surface area contributed by atoms with Gasteiger partial charge in [0.1, 0.15) is 10.7 Å². The van der Waals surface area contributed by atoms with Crippen LogP contribution in [0.25, 0.3) is 6.08 Å². The van der Waals surface area contributed by atoms with Crippen LogP contribution < -0.4 is 10.7 Å². The van der Waals surface area contributed by atoms with Crippen LogP contribution in [0, 0.1) is 10.1 Å². The SMILES string of the molecule is O=C(Nc1cccc(C(F)(F)F)c1)C(=S)NN1C(=O)/C(=C\c2ccc([N+](=O)[O-])o2)SC1=S. The molecule has 0 radical (unpaired) electrons. The Labute approximate surface area is 191 Å². The zero-order chi connectivity index (χ0) is 23.6. The van der Waals surface area contributed by atoms with Crippen LogP contribution in [0.2, 0.25) is 0 Å². The number of benzene rings is 1. The zero-order valence-electron chi connectivity index (χ0n) is 15.3. The van der Waals surface area contributed by atoms with Crippen LogP contribution in [-0.2, 0) is 15.8 Å². The van der Waals surface area contributed by atoms with Crippen LogP contribution >= 0.6 is 36.2 Å². The van der Waals surface area contributed by atoms with Gasteiger partial charge in [0.15, 0.2) is 9.31 Å². The molecule has 2 heterocycles. The minimum atomic E-state index is -4.60. The summed E-state index contributed by atoms with van der Waals surface area (Å²) in [5.74, 6) is -2.17. The van der Waals surface area contributed by atoms with Gasteiger partial charge in [-0.3, -0.25) is 25.1 Å². The number of nitro groups is 1. The van der Waals surface area contributed by atoms with Crippen molar-refractivity contribution in [1.82, 2.24) is 10.4 Å². The summed E-state index contributed by atoms with van der Waals surface area (Å²) in [6.07, 6.45) is -3.37. The molecule has 1 aliphatic heterocycles. The average molecular weight is 502 g/mol. The van der Waals surface area contributed by atoms with Crippen molar-refractivity contribution in [2.75, 3.05) is 5.32 Å². The molecule has 1 aromatic heterocycles. The van der Waals surface area contributed by atoms with Crippen molar-refractivity contribution in [3.8, 4) is 0 Å². The molecule has 2 aromatic rings. The van der Waals surface area contributed by atoms with Crippen LogP contribution in [0.15, 0.2) is 45.7 Å². The highest BCUT2D eigenvalue weighted by Gasteiger charge is 2.34. The Morgan fingerprint density at radius 3 is 2.62 bits per heavy atom. The van der Waals surface area contributed by atoms with Crippen LogP contribution in [0.1, 0.15) is 11.3 Å². The molecule has 1 saturated heterocycles. The maximum atomic E-state index is 12.8. The molecule has 1 aromatic carbocycles. The Morgan fingerprint density at radius 2 is 2.00 bits per heavy atom. The number of thioether (sulfide) groups is 1. The number of amides is 2. The quantitative estimate of drug-likeness (QED) is 0.278. The molecule has 0 atom stereocenters. The predicted molar refractivity (Wildman–Crippen MR) is 116 cm³/mol. The fraction of sp³-hybridized carbons (Fsp3) is 0.0588. The van der Waals surface area contributed by atoms with Crippen molar-refractivity contribution >= 4 is 75.0 Å². The van der Waals surface area contributed by atoms with Gasteiger partial charge in [0.05, 0.1) is 16.5 Å². The maximum absolute atomic E-state index is 12.8. The number of carbonyl (C=O) groups excluding carboxylic acids is 2. The van der Waals surface area contributed by atoms with Crippen molar-refractivity contribution < 1.29 is 32.1 Å². The van der Waals surface area contributed by atoms with Crippen LogP contribution in [0.3, 0.4) is 0 Å². The highest BCUT2D eigenvalue weighted by Crippen LogP contribution is 2.33.